The zero-order valence-corrected chi connectivity index (χ0v) is 16.6. The Balaban J connectivity index is 1.63. The number of hydrogen-bond donors (Lipinski definition) is 2. The Morgan fingerprint density at radius 3 is 2.59 bits per heavy atom. The van der Waals surface area contributed by atoms with Crippen molar-refractivity contribution < 1.29 is 4.79 Å². The molecule has 3 rings (SSSR count). The third kappa shape index (κ3) is 4.92. The quantitative estimate of drug-likeness (QED) is 0.601. The molecule has 0 spiro atoms. The van der Waals surface area contributed by atoms with E-state index in [2.05, 4.69) is 33.9 Å². The summed E-state index contributed by atoms with van der Waals surface area (Å²) in [4.78, 5) is 13.6. The highest BCUT2D eigenvalue weighted by atomic mass is 32.2. The molecule has 0 unspecified atom stereocenters. The number of nitrogens with zero attached hydrogens (tertiary/aromatic N) is 2. The molecular formula is C21H24N4OS. The van der Waals surface area contributed by atoms with Crippen LogP contribution in [0.2, 0.25) is 0 Å². The third-order valence-corrected chi connectivity index (χ3v) is 5.16. The number of benzene rings is 2. The molecular weight excluding hydrogens is 356 g/mol. The number of aromatic nitrogens is 2. The van der Waals surface area contributed by atoms with Crippen molar-refractivity contribution in [1.29, 1.82) is 0 Å². The summed E-state index contributed by atoms with van der Waals surface area (Å²) in [5.74, 6) is 0.547. The molecule has 27 heavy (non-hydrogen) atoms. The van der Waals surface area contributed by atoms with Gasteiger partial charge in [-0.2, -0.15) is 5.10 Å². The zero-order valence-electron chi connectivity index (χ0n) is 15.8. The second-order valence-corrected chi connectivity index (χ2v) is 7.22. The number of amides is 2. The van der Waals surface area contributed by atoms with Crippen LogP contribution < -0.4 is 10.6 Å². The van der Waals surface area contributed by atoms with Crippen LogP contribution in [0.5, 0.6) is 0 Å². The van der Waals surface area contributed by atoms with E-state index >= 15 is 0 Å². The number of anilines is 1. The van der Waals surface area contributed by atoms with Crippen LogP contribution in [0.25, 0.3) is 0 Å². The van der Waals surface area contributed by atoms with Gasteiger partial charge in [-0.3, -0.25) is 10.00 Å². The Morgan fingerprint density at radius 2 is 1.85 bits per heavy atom. The van der Waals surface area contributed by atoms with Crippen molar-refractivity contribution in [2.45, 2.75) is 31.3 Å². The number of carbonyl (C=O) groups excluding carboxylic acids is 1. The summed E-state index contributed by atoms with van der Waals surface area (Å²) in [7, 11) is 0. The molecule has 0 saturated heterocycles. The predicted molar refractivity (Wildman–Crippen MR) is 111 cm³/mol. The highest BCUT2D eigenvalue weighted by molar-refractivity contribution is 7.98. The summed E-state index contributed by atoms with van der Waals surface area (Å²) in [5, 5.41) is 10.3. The number of carbonyl (C=O) groups is 1. The minimum absolute atomic E-state index is 0.0962. The van der Waals surface area contributed by atoms with Gasteiger partial charge in [-0.15, -0.1) is 11.8 Å². The summed E-state index contributed by atoms with van der Waals surface area (Å²) in [6, 6.07) is 19.7. The molecule has 140 valence electrons. The lowest BCUT2D eigenvalue weighted by Gasteiger charge is -2.17. The molecule has 0 bridgehead atoms. The zero-order chi connectivity index (χ0) is 19.2. The maximum Gasteiger partial charge on any atom is 0.320 e. The maximum atomic E-state index is 12.4. The van der Waals surface area contributed by atoms with Gasteiger partial charge in [-0.25, -0.2) is 4.79 Å². The summed E-state index contributed by atoms with van der Waals surface area (Å²) >= 11 is 1.67. The van der Waals surface area contributed by atoms with Crippen LogP contribution in [0, 0.1) is 6.92 Å². The lowest BCUT2D eigenvalue weighted by molar-refractivity contribution is 0.249. The third-order valence-electron chi connectivity index (χ3n) is 4.35. The molecule has 0 aliphatic heterocycles. The highest BCUT2D eigenvalue weighted by Gasteiger charge is 2.14. The van der Waals surface area contributed by atoms with Crippen molar-refractivity contribution in [2.75, 3.05) is 11.6 Å². The largest absolute Gasteiger partial charge is 0.331 e. The molecule has 5 nitrogen and oxygen atoms in total. The first-order valence-electron chi connectivity index (χ1n) is 8.85. The van der Waals surface area contributed by atoms with Gasteiger partial charge in [-0.1, -0.05) is 48.5 Å². The Kier molecular flexibility index (Phi) is 6.19. The molecule has 0 saturated carbocycles. The van der Waals surface area contributed by atoms with Crippen molar-refractivity contribution in [1.82, 2.24) is 15.1 Å². The highest BCUT2D eigenvalue weighted by Crippen LogP contribution is 2.25. The molecule has 1 aromatic heterocycles. The van der Waals surface area contributed by atoms with Gasteiger partial charge in [0.2, 0.25) is 0 Å². The van der Waals surface area contributed by atoms with E-state index in [-0.39, 0.29) is 12.1 Å². The van der Waals surface area contributed by atoms with Crippen molar-refractivity contribution in [3.8, 4) is 0 Å². The first-order chi connectivity index (χ1) is 13.1. The first-order valence-corrected chi connectivity index (χ1v) is 10.1. The first kappa shape index (κ1) is 19.0. The van der Waals surface area contributed by atoms with Crippen LogP contribution in [-0.4, -0.2) is 22.1 Å². The average Bonchev–Trinajstić information content (AvgIpc) is 3.01. The van der Waals surface area contributed by atoms with Crippen LogP contribution in [-0.2, 0) is 6.54 Å². The van der Waals surface area contributed by atoms with Gasteiger partial charge in [0.25, 0.3) is 0 Å². The minimum atomic E-state index is -0.261. The monoisotopic (exact) mass is 380 g/mol. The Morgan fingerprint density at radius 1 is 1.15 bits per heavy atom. The molecule has 0 aliphatic rings. The van der Waals surface area contributed by atoms with E-state index in [1.54, 1.807) is 11.8 Å². The van der Waals surface area contributed by atoms with Crippen molar-refractivity contribution in [2.24, 2.45) is 0 Å². The molecule has 2 amide bonds. The number of hydrogen-bond acceptors (Lipinski definition) is 3. The Labute approximate surface area is 164 Å². The topological polar surface area (TPSA) is 59.0 Å². The van der Waals surface area contributed by atoms with E-state index in [1.807, 2.05) is 67.2 Å². The number of thioether (sulfide) groups is 1. The Bertz CT molecular complexity index is 908. The van der Waals surface area contributed by atoms with Gasteiger partial charge in [0.05, 0.1) is 12.6 Å². The fourth-order valence-electron chi connectivity index (χ4n) is 2.94. The van der Waals surface area contributed by atoms with Gasteiger partial charge < -0.3 is 5.32 Å². The van der Waals surface area contributed by atoms with Gasteiger partial charge in [-0.05, 0) is 37.3 Å². The number of aryl methyl sites for hydroxylation is 1. The predicted octanol–water partition coefficient (Wildman–Crippen LogP) is 4.84. The van der Waals surface area contributed by atoms with Gasteiger partial charge in [0.1, 0.15) is 0 Å². The van der Waals surface area contributed by atoms with E-state index in [4.69, 9.17) is 0 Å². The number of rotatable bonds is 6. The van der Waals surface area contributed by atoms with Crippen LogP contribution in [0.1, 0.15) is 29.8 Å². The maximum absolute atomic E-state index is 12.4. The van der Waals surface area contributed by atoms with Crippen LogP contribution in [0.4, 0.5) is 10.6 Å². The number of urea groups is 1. The van der Waals surface area contributed by atoms with E-state index in [9.17, 15) is 4.79 Å². The molecule has 1 atom stereocenters. The lowest BCUT2D eigenvalue weighted by Crippen LogP contribution is -2.31. The summed E-state index contributed by atoms with van der Waals surface area (Å²) in [6.07, 6.45) is 2.04. The number of nitrogens with one attached hydrogen (secondary N) is 2. The second-order valence-electron chi connectivity index (χ2n) is 6.38. The van der Waals surface area contributed by atoms with Crippen molar-refractivity contribution in [3.05, 3.63) is 77.5 Å². The van der Waals surface area contributed by atoms with E-state index in [0.29, 0.717) is 12.4 Å². The lowest BCUT2D eigenvalue weighted by atomic mass is 10.1. The molecule has 2 N–H and O–H groups in total. The SMILES string of the molecule is CSc1ccccc1[C@@H](C)NC(=O)Nc1cc(C)n(Cc2ccccc2)n1. The van der Waals surface area contributed by atoms with E-state index in [1.165, 1.54) is 5.56 Å². The van der Waals surface area contributed by atoms with E-state index in [0.717, 1.165) is 16.2 Å². The summed E-state index contributed by atoms with van der Waals surface area (Å²) in [6.45, 7) is 4.64. The standard InChI is InChI=1S/C21H24N4OS/c1-15-13-20(24-25(15)14-17-9-5-4-6-10-17)23-21(26)22-16(2)18-11-7-8-12-19(18)27-3/h4-13,16H,14H2,1-3H3,(H2,22,23,24,26)/t16-/m1/s1. The van der Waals surface area contributed by atoms with Crippen molar-refractivity contribution >= 4 is 23.6 Å². The van der Waals surface area contributed by atoms with Crippen LogP contribution >= 0.6 is 11.8 Å². The van der Waals surface area contributed by atoms with Gasteiger partial charge in [0, 0.05) is 16.7 Å². The molecule has 2 aromatic carbocycles. The molecule has 0 radical (unpaired) electrons. The molecule has 3 aromatic rings. The smallest absolute Gasteiger partial charge is 0.320 e. The summed E-state index contributed by atoms with van der Waals surface area (Å²) < 4.78 is 1.89. The average molecular weight is 381 g/mol. The van der Waals surface area contributed by atoms with Gasteiger partial charge >= 0.3 is 6.03 Å². The fourth-order valence-corrected chi connectivity index (χ4v) is 3.63. The van der Waals surface area contributed by atoms with Gasteiger partial charge in [0.15, 0.2) is 5.82 Å². The summed E-state index contributed by atoms with van der Waals surface area (Å²) in [5.41, 5.74) is 3.27. The fraction of sp³-hybridized carbons (Fsp3) is 0.238. The minimum Gasteiger partial charge on any atom is -0.331 e. The molecule has 0 fully saturated rings. The normalized spacial score (nSPS) is 11.8. The molecule has 1 heterocycles. The molecule has 6 heteroatoms. The van der Waals surface area contributed by atoms with Crippen molar-refractivity contribution in [3.63, 3.8) is 0 Å². The van der Waals surface area contributed by atoms with Crippen LogP contribution in [0.15, 0.2) is 65.6 Å². The van der Waals surface area contributed by atoms with E-state index < -0.39 is 0 Å². The Hall–Kier alpha value is -2.73. The molecule has 0 aliphatic carbocycles. The van der Waals surface area contributed by atoms with Crippen LogP contribution in [0.3, 0.4) is 0 Å². The second kappa shape index (κ2) is 8.77.